The first-order valence-corrected chi connectivity index (χ1v) is 8.97. The van der Waals surface area contributed by atoms with Crippen molar-refractivity contribution in [3.63, 3.8) is 0 Å². The number of hydrogen-bond donors (Lipinski definition) is 3. The zero-order valence-electron chi connectivity index (χ0n) is 14.7. The lowest BCUT2D eigenvalue weighted by Gasteiger charge is -2.09. The van der Waals surface area contributed by atoms with Gasteiger partial charge in [-0.15, -0.1) is 0 Å². The Hall–Kier alpha value is -3.41. The maximum absolute atomic E-state index is 12.6. The average molecular weight is 360 g/mol. The first kappa shape index (κ1) is 17.0. The summed E-state index contributed by atoms with van der Waals surface area (Å²) in [4.78, 5) is 24.5. The summed E-state index contributed by atoms with van der Waals surface area (Å²) in [5, 5.41) is 12.7. The van der Waals surface area contributed by atoms with Gasteiger partial charge < -0.3 is 10.6 Å². The van der Waals surface area contributed by atoms with Crippen molar-refractivity contribution in [3.05, 3.63) is 71.9 Å². The van der Waals surface area contributed by atoms with Gasteiger partial charge in [-0.05, 0) is 30.5 Å². The second-order valence-corrected chi connectivity index (χ2v) is 6.67. The third-order valence-corrected chi connectivity index (χ3v) is 4.54. The first-order valence-electron chi connectivity index (χ1n) is 8.97. The molecule has 1 saturated carbocycles. The van der Waals surface area contributed by atoms with E-state index in [0.717, 1.165) is 29.7 Å². The van der Waals surface area contributed by atoms with Crippen molar-refractivity contribution in [1.29, 1.82) is 0 Å². The highest BCUT2D eigenvalue weighted by Crippen LogP contribution is 2.30. The van der Waals surface area contributed by atoms with E-state index in [2.05, 4.69) is 20.8 Å². The van der Waals surface area contributed by atoms with Gasteiger partial charge in [0.2, 0.25) is 5.91 Å². The Bertz CT molecular complexity index is 961. The molecule has 136 valence electrons. The minimum absolute atomic E-state index is 0.0714. The van der Waals surface area contributed by atoms with Crippen LogP contribution in [0, 0.1) is 5.92 Å². The Balaban J connectivity index is 1.41. The van der Waals surface area contributed by atoms with Gasteiger partial charge in [0.05, 0.1) is 17.5 Å². The predicted octanol–water partition coefficient (Wildman–Crippen LogP) is 3.36. The number of amides is 2. The molecule has 0 bridgehead atoms. The van der Waals surface area contributed by atoms with Gasteiger partial charge in [-0.1, -0.05) is 42.5 Å². The van der Waals surface area contributed by atoms with Crippen LogP contribution in [0.15, 0.2) is 60.8 Å². The number of aromatic amines is 1. The van der Waals surface area contributed by atoms with Crippen LogP contribution in [0.25, 0.3) is 11.3 Å². The molecule has 0 saturated heterocycles. The second kappa shape index (κ2) is 7.45. The zero-order chi connectivity index (χ0) is 18.6. The number of aromatic nitrogens is 2. The molecule has 4 rings (SSSR count). The van der Waals surface area contributed by atoms with E-state index in [1.54, 1.807) is 0 Å². The van der Waals surface area contributed by atoms with Crippen LogP contribution in [0.2, 0.25) is 0 Å². The van der Waals surface area contributed by atoms with E-state index in [1.165, 1.54) is 6.20 Å². The summed E-state index contributed by atoms with van der Waals surface area (Å²) in [6.07, 6.45) is 3.47. The Morgan fingerprint density at radius 1 is 1.07 bits per heavy atom. The number of carbonyl (C=O) groups is 2. The lowest BCUT2D eigenvalue weighted by Crippen LogP contribution is -2.23. The lowest BCUT2D eigenvalue weighted by molar-refractivity contribution is -0.117. The molecule has 27 heavy (non-hydrogen) atoms. The van der Waals surface area contributed by atoms with Crippen LogP contribution < -0.4 is 10.6 Å². The molecular weight excluding hydrogens is 340 g/mol. The zero-order valence-corrected chi connectivity index (χ0v) is 14.7. The van der Waals surface area contributed by atoms with E-state index >= 15 is 0 Å². The van der Waals surface area contributed by atoms with Crippen LogP contribution in [0.1, 0.15) is 28.8 Å². The van der Waals surface area contributed by atoms with Gasteiger partial charge >= 0.3 is 0 Å². The molecule has 2 aromatic carbocycles. The quantitative estimate of drug-likeness (QED) is 0.630. The first-order chi connectivity index (χ1) is 13.2. The molecule has 3 aromatic rings. The number of hydrogen-bond acceptors (Lipinski definition) is 3. The third kappa shape index (κ3) is 4.06. The molecule has 0 spiro atoms. The van der Waals surface area contributed by atoms with Gasteiger partial charge in [0.1, 0.15) is 0 Å². The highest BCUT2D eigenvalue weighted by molar-refractivity contribution is 5.99. The highest BCUT2D eigenvalue weighted by Gasteiger charge is 2.29. The molecule has 1 fully saturated rings. The number of H-pyrrole nitrogens is 1. The van der Waals surface area contributed by atoms with E-state index in [9.17, 15) is 9.59 Å². The largest absolute Gasteiger partial charge is 0.348 e. The van der Waals surface area contributed by atoms with Crippen molar-refractivity contribution in [2.45, 2.75) is 19.4 Å². The summed E-state index contributed by atoms with van der Waals surface area (Å²) in [6, 6.07) is 17.1. The van der Waals surface area contributed by atoms with Gasteiger partial charge in [0, 0.05) is 23.7 Å². The fraction of sp³-hybridized carbons (Fsp3) is 0.190. The molecule has 0 atom stereocenters. The highest BCUT2D eigenvalue weighted by atomic mass is 16.2. The van der Waals surface area contributed by atoms with Crippen LogP contribution in [0.3, 0.4) is 0 Å². The monoisotopic (exact) mass is 360 g/mol. The molecule has 2 amide bonds. The SMILES string of the molecule is O=C(NCc1cccc(NC(=O)C2CC2)c1)c1cn[nH]c1-c1ccccc1. The van der Waals surface area contributed by atoms with Crippen molar-refractivity contribution < 1.29 is 9.59 Å². The van der Waals surface area contributed by atoms with E-state index in [0.29, 0.717) is 17.8 Å². The van der Waals surface area contributed by atoms with E-state index in [1.807, 2.05) is 54.6 Å². The molecule has 1 aromatic heterocycles. The van der Waals surface area contributed by atoms with Crippen LogP contribution >= 0.6 is 0 Å². The number of nitrogens with one attached hydrogen (secondary N) is 3. The lowest BCUT2D eigenvalue weighted by atomic mass is 10.1. The normalized spacial score (nSPS) is 13.2. The Morgan fingerprint density at radius 3 is 2.67 bits per heavy atom. The van der Waals surface area contributed by atoms with E-state index in [4.69, 9.17) is 0 Å². The predicted molar refractivity (Wildman–Crippen MR) is 103 cm³/mol. The number of rotatable bonds is 6. The minimum atomic E-state index is -0.199. The Labute approximate surface area is 157 Å². The molecule has 6 nitrogen and oxygen atoms in total. The van der Waals surface area contributed by atoms with Crippen molar-refractivity contribution in [3.8, 4) is 11.3 Å². The average Bonchev–Trinajstić information content (AvgIpc) is 3.44. The summed E-state index contributed by atoms with van der Waals surface area (Å²) in [5.74, 6) is 0.0305. The van der Waals surface area contributed by atoms with Gasteiger partial charge in [0.15, 0.2) is 0 Å². The van der Waals surface area contributed by atoms with Crippen molar-refractivity contribution in [1.82, 2.24) is 15.5 Å². The number of carbonyl (C=O) groups excluding carboxylic acids is 2. The molecule has 1 heterocycles. The molecule has 6 heteroatoms. The standard InChI is InChI=1S/C21H20N4O2/c26-20(16-9-10-16)24-17-8-4-5-14(11-17)12-22-21(27)18-13-23-25-19(18)15-6-2-1-3-7-15/h1-8,11,13,16H,9-10,12H2,(H,22,27)(H,23,25)(H,24,26). The van der Waals surface area contributed by atoms with Crippen LogP contribution in [-0.4, -0.2) is 22.0 Å². The van der Waals surface area contributed by atoms with E-state index < -0.39 is 0 Å². The summed E-state index contributed by atoms with van der Waals surface area (Å²) >= 11 is 0. The van der Waals surface area contributed by atoms with Crippen LogP contribution in [0.4, 0.5) is 5.69 Å². The van der Waals surface area contributed by atoms with E-state index in [-0.39, 0.29) is 17.7 Å². The topological polar surface area (TPSA) is 86.9 Å². The Morgan fingerprint density at radius 2 is 1.89 bits per heavy atom. The summed E-state index contributed by atoms with van der Waals surface area (Å²) in [7, 11) is 0. The molecule has 1 aliphatic carbocycles. The molecule has 0 radical (unpaired) electrons. The van der Waals surface area contributed by atoms with Crippen molar-refractivity contribution >= 4 is 17.5 Å². The fourth-order valence-corrected chi connectivity index (χ4v) is 2.91. The third-order valence-electron chi connectivity index (χ3n) is 4.54. The number of benzene rings is 2. The van der Waals surface area contributed by atoms with Crippen LogP contribution in [0.5, 0.6) is 0 Å². The van der Waals surface area contributed by atoms with Crippen molar-refractivity contribution in [2.75, 3.05) is 5.32 Å². The van der Waals surface area contributed by atoms with Gasteiger partial charge in [-0.3, -0.25) is 14.7 Å². The molecule has 0 aliphatic heterocycles. The number of anilines is 1. The van der Waals surface area contributed by atoms with Crippen molar-refractivity contribution in [2.24, 2.45) is 5.92 Å². The van der Waals surface area contributed by atoms with Gasteiger partial charge in [0.25, 0.3) is 5.91 Å². The number of nitrogens with zero attached hydrogens (tertiary/aromatic N) is 1. The second-order valence-electron chi connectivity index (χ2n) is 6.67. The maximum Gasteiger partial charge on any atom is 0.255 e. The maximum atomic E-state index is 12.6. The molecule has 0 unspecified atom stereocenters. The molecular formula is C21H20N4O2. The summed E-state index contributed by atoms with van der Waals surface area (Å²) in [5.41, 5.74) is 3.77. The fourth-order valence-electron chi connectivity index (χ4n) is 2.91. The molecule has 1 aliphatic rings. The minimum Gasteiger partial charge on any atom is -0.348 e. The van der Waals surface area contributed by atoms with Gasteiger partial charge in [-0.2, -0.15) is 5.10 Å². The summed E-state index contributed by atoms with van der Waals surface area (Å²) in [6.45, 7) is 0.366. The Kier molecular flexibility index (Phi) is 4.70. The van der Waals surface area contributed by atoms with Gasteiger partial charge in [-0.25, -0.2) is 0 Å². The summed E-state index contributed by atoms with van der Waals surface area (Å²) < 4.78 is 0. The molecule has 3 N–H and O–H groups in total. The smallest absolute Gasteiger partial charge is 0.255 e. The van der Waals surface area contributed by atoms with Crippen LogP contribution in [-0.2, 0) is 11.3 Å².